The monoisotopic (exact) mass is 206 g/mol. The largest absolute Gasteiger partial charge is 0.384 e. The summed E-state index contributed by atoms with van der Waals surface area (Å²) in [5, 5.41) is 3.36. The first-order valence-corrected chi connectivity index (χ1v) is 5.76. The Balaban J connectivity index is 2.49. The van der Waals surface area contributed by atoms with E-state index in [2.05, 4.69) is 50.1 Å². The van der Waals surface area contributed by atoms with Crippen LogP contribution >= 0.6 is 0 Å². The highest BCUT2D eigenvalue weighted by atomic mass is 14.9. The summed E-state index contributed by atoms with van der Waals surface area (Å²) in [5.74, 6) is 1.34. The number of rotatable bonds is 5. The highest BCUT2D eigenvalue weighted by Crippen LogP contribution is 2.10. The number of hydrogen-bond donors (Lipinski definition) is 1. The third-order valence-electron chi connectivity index (χ3n) is 2.16. The molecule has 2 nitrogen and oxygen atoms in total. The molecule has 2 heteroatoms. The van der Waals surface area contributed by atoms with Crippen molar-refractivity contribution in [2.75, 3.05) is 11.9 Å². The smallest absolute Gasteiger partial charge is 0.0527 e. The van der Waals surface area contributed by atoms with Crippen LogP contribution in [0.4, 0.5) is 5.69 Å². The molecule has 0 aliphatic carbocycles. The summed E-state index contributed by atoms with van der Waals surface area (Å²) in [7, 11) is 0. The average Bonchev–Trinajstić information content (AvgIpc) is 2.16. The Bertz CT molecular complexity index is 275. The fourth-order valence-electron chi connectivity index (χ4n) is 1.39. The molecule has 0 amide bonds. The van der Waals surface area contributed by atoms with Gasteiger partial charge in [0.05, 0.1) is 11.9 Å². The minimum Gasteiger partial charge on any atom is -0.384 e. The third-order valence-corrected chi connectivity index (χ3v) is 2.16. The van der Waals surface area contributed by atoms with E-state index in [0.29, 0.717) is 11.8 Å². The number of hydrogen-bond acceptors (Lipinski definition) is 2. The molecule has 1 aromatic rings. The molecule has 0 fully saturated rings. The molecule has 0 bridgehead atoms. The normalized spacial score (nSPS) is 11.1. The maximum absolute atomic E-state index is 4.43. The minimum atomic E-state index is 0.667. The first kappa shape index (κ1) is 12.0. The first-order valence-electron chi connectivity index (χ1n) is 5.76. The predicted octanol–water partition coefficient (Wildman–Crippen LogP) is 3.35. The van der Waals surface area contributed by atoms with Crippen LogP contribution in [-0.4, -0.2) is 11.5 Å². The van der Waals surface area contributed by atoms with Crippen LogP contribution in [0.5, 0.6) is 0 Å². The van der Waals surface area contributed by atoms with E-state index in [-0.39, 0.29) is 0 Å². The van der Waals surface area contributed by atoms with Crippen molar-refractivity contribution in [2.45, 2.75) is 34.1 Å². The molecule has 84 valence electrons. The SMILES string of the molecule is CC(C)CNc1ccc(CC(C)C)nc1. The standard InChI is InChI=1S/C13H22N2/c1-10(2)7-12-5-6-13(9-15-12)14-8-11(3)4/h5-6,9-11,14H,7-8H2,1-4H3. The summed E-state index contributed by atoms with van der Waals surface area (Å²) in [4.78, 5) is 4.43. The summed E-state index contributed by atoms with van der Waals surface area (Å²) in [6, 6.07) is 4.23. The van der Waals surface area contributed by atoms with Gasteiger partial charge >= 0.3 is 0 Å². The van der Waals surface area contributed by atoms with Gasteiger partial charge in [-0.3, -0.25) is 4.98 Å². The average molecular weight is 206 g/mol. The molecule has 15 heavy (non-hydrogen) atoms. The quantitative estimate of drug-likeness (QED) is 0.799. The minimum absolute atomic E-state index is 0.667. The lowest BCUT2D eigenvalue weighted by molar-refractivity contribution is 0.635. The fourth-order valence-corrected chi connectivity index (χ4v) is 1.39. The highest BCUT2D eigenvalue weighted by molar-refractivity contribution is 5.40. The third kappa shape index (κ3) is 4.82. The van der Waals surface area contributed by atoms with Crippen molar-refractivity contribution in [1.29, 1.82) is 0 Å². The van der Waals surface area contributed by atoms with E-state index in [4.69, 9.17) is 0 Å². The van der Waals surface area contributed by atoms with Gasteiger partial charge in [-0.05, 0) is 30.4 Å². The molecule has 0 aliphatic rings. The lowest BCUT2D eigenvalue weighted by Gasteiger charge is -2.09. The van der Waals surface area contributed by atoms with E-state index in [1.54, 1.807) is 0 Å². The number of pyridine rings is 1. The summed E-state index contributed by atoms with van der Waals surface area (Å²) < 4.78 is 0. The van der Waals surface area contributed by atoms with E-state index in [1.807, 2.05) is 6.20 Å². The molecule has 0 saturated carbocycles. The maximum Gasteiger partial charge on any atom is 0.0527 e. The topological polar surface area (TPSA) is 24.9 Å². The van der Waals surface area contributed by atoms with Gasteiger partial charge in [0.25, 0.3) is 0 Å². The summed E-state index contributed by atoms with van der Waals surface area (Å²) in [6.45, 7) is 9.84. The van der Waals surface area contributed by atoms with Gasteiger partial charge in [0.1, 0.15) is 0 Å². The number of anilines is 1. The molecule has 0 saturated heterocycles. The van der Waals surface area contributed by atoms with Crippen LogP contribution < -0.4 is 5.32 Å². The van der Waals surface area contributed by atoms with Crippen LogP contribution in [0.25, 0.3) is 0 Å². The second-order valence-corrected chi connectivity index (χ2v) is 4.91. The van der Waals surface area contributed by atoms with Crippen molar-refractivity contribution in [3.63, 3.8) is 0 Å². The van der Waals surface area contributed by atoms with Gasteiger partial charge in [-0.2, -0.15) is 0 Å². The van der Waals surface area contributed by atoms with Crippen LogP contribution in [0.3, 0.4) is 0 Å². The lowest BCUT2D eigenvalue weighted by atomic mass is 10.1. The number of nitrogens with zero attached hydrogens (tertiary/aromatic N) is 1. The highest BCUT2D eigenvalue weighted by Gasteiger charge is 1.99. The van der Waals surface area contributed by atoms with Crippen molar-refractivity contribution >= 4 is 5.69 Å². The van der Waals surface area contributed by atoms with Gasteiger partial charge in [-0.1, -0.05) is 27.7 Å². The molecule has 0 atom stereocenters. The molecule has 1 aromatic heterocycles. The van der Waals surface area contributed by atoms with Crippen LogP contribution in [0.15, 0.2) is 18.3 Å². The zero-order valence-electron chi connectivity index (χ0n) is 10.2. The molecule has 0 aromatic carbocycles. The molecule has 1 heterocycles. The Morgan fingerprint density at radius 3 is 2.33 bits per heavy atom. The van der Waals surface area contributed by atoms with Crippen molar-refractivity contribution < 1.29 is 0 Å². The molecule has 0 radical (unpaired) electrons. The summed E-state index contributed by atoms with van der Waals surface area (Å²) >= 11 is 0. The van der Waals surface area contributed by atoms with E-state index >= 15 is 0 Å². The Labute approximate surface area is 93.1 Å². The van der Waals surface area contributed by atoms with E-state index in [1.165, 1.54) is 5.69 Å². The molecule has 0 unspecified atom stereocenters. The molecule has 0 spiro atoms. The van der Waals surface area contributed by atoms with Gasteiger partial charge in [0.15, 0.2) is 0 Å². The molecular weight excluding hydrogens is 184 g/mol. The van der Waals surface area contributed by atoms with Crippen molar-refractivity contribution in [3.8, 4) is 0 Å². The Kier molecular flexibility index (Phi) is 4.60. The maximum atomic E-state index is 4.43. The van der Waals surface area contributed by atoms with Crippen LogP contribution in [0.2, 0.25) is 0 Å². The first-order chi connectivity index (χ1) is 7.08. The van der Waals surface area contributed by atoms with Gasteiger partial charge < -0.3 is 5.32 Å². The Morgan fingerprint density at radius 1 is 1.13 bits per heavy atom. The second-order valence-electron chi connectivity index (χ2n) is 4.91. The summed E-state index contributed by atoms with van der Waals surface area (Å²) in [6.07, 6.45) is 2.99. The number of nitrogens with one attached hydrogen (secondary N) is 1. The fraction of sp³-hybridized carbons (Fsp3) is 0.615. The zero-order valence-corrected chi connectivity index (χ0v) is 10.2. The summed E-state index contributed by atoms with van der Waals surface area (Å²) in [5.41, 5.74) is 2.30. The Hall–Kier alpha value is -1.05. The number of aromatic nitrogens is 1. The van der Waals surface area contributed by atoms with Crippen molar-refractivity contribution in [2.24, 2.45) is 11.8 Å². The van der Waals surface area contributed by atoms with Crippen LogP contribution in [-0.2, 0) is 6.42 Å². The zero-order chi connectivity index (χ0) is 11.3. The molecular formula is C13H22N2. The second kappa shape index (κ2) is 5.74. The van der Waals surface area contributed by atoms with E-state index in [9.17, 15) is 0 Å². The predicted molar refractivity (Wildman–Crippen MR) is 66.1 cm³/mol. The molecule has 0 aliphatic heterocycles. The lowest BCUT2D eigenvalue weighted by Crippen LogP contribution is -2.08. The van der Waals surface area contributed by atoms with Crippen molar-refractivity contribution in [3.05, 3.63) is 24.0 Å². The van der Waals surface area contributed by atoms with Crippen LogP contribution in [0, 0.1) is 11.8 Å². The van der Waals surface area contributed by atoms with E-state index < -0.39 is 0 Å². The van der Waals surface area contributed by atoms with Gasteiger partial charge in [-0.25, -0.2) is 0 Å². The van der Waals surface area contributed by atoms with Crippen LogP contribution in [0.1, 0.15) is 33.4 Å². The molecule has 1 N–H and O–H groups in total. The van der Waals surface area contributed by atoms with Gasteiger partial charge in [0.2, 0.25) is 0 Å². The van der Waals surface area contributed by atoms with Gasteiger partial charge in [0, 0.05) is 12.2 Å². The van der Waals surface area contributed by atoms with Gasteiger partial charge in [-0.15, -0.1) is 0 Å². The Morgan fingerprint density at radius 2 is 1.87 bits per heavy atom. The van der Waals surface area contributed by atoms with E-state index in [0.717, 1.165) is 18.7 Å². The van der Waals surface area contributed by atoms with Crippen molar-refractivity contribution in [1.82, 2.24) is 4.98 Å². The molecule has 1 rings (SSSR count).